The highest BCUT2D eigenvalue weighted by Gasteiger charge is 2.21. The van der Waals surface area contributed by atoms with Gasteiger partial charge in [-0.05, 0) is 25.1 Å². The summed E-state index contributed by atoms with van der Waals surface area (Å²) < 4.78 is 29.1. The summed E-state index contributed by atoms with van der Waals surface area (Å²) in [5.41, 5.74) is 1.63. The first-order valence-electron chi connectivity index (χ1n) is 8.74. The second kappa shape index (κ2) is 6.90. The maximum atomic E-state index is 11.9. The predicted molar refractivity (Wildman–Crippen MR) is 101 cm³/mol. The summed E-state index contributed by atoms with van der Waals surface area (Å²) in [5, 5.41) is 4.69. The standard InChI is InChI=1S/C18H21N5O3S/c1-13-9-14(26-21-13)11-22-5-7-23(8-6-22)18-16-10-15(27(2,24)25)3-4-17(16)19-12-20-18/h3-4,9-10,12H,5-8,11H2,1-2H3. The lowest BCUT2D eigenvalue weighted by atomic mass is 10.2. The van der Waals surface area contributed by atoms with Gasteiger partial charge in [-0.15, -0.1) is 0 Å². The zero-order valence-corrected chi connectivity index (χ0v) is 16.1. The average Bonchev–Trinajstić information content (AvgIpc) is 3.05. The fourth-order valence-corrected chi connectivity index (χ4v) is 3.98. The fraction of sp³-hybridized carbons (Fsp3) is 0.389. The third kappa shape index (κ3) is 3.79. The lowest BCUT2D eigenvalue weighted by Crippen LogP contribution is -2.46. The van der Waals surface area contributed by atoms with E-state index in [1.807, 2.05) is 13.0 Å². The van der Waals surface area contributed by atoms with E-state index in [1.165, 1.54) is 12.6 Å². The number of fused-ring (bicyclic) bond motifs is 1. The second-order valence-electron chi connectivity index (χ2n) is 6.85. The summed E-state index contributed by atoms with van der Waals surface area (Å²) in [7, 11) is -3.28. The van der Waals surface area contributed by atoms with Crippen LogP contribution in [0.25, 0.3) is 10.9 Å². The first kappa shape index (κ1) is 17.9. The van der Waals surface area contributed by atoms with E-state index in [1.54, 1.807) is 18.2 Å². The number of hydrogen-bond acceptors (Lipinski definition) is 8. The summed E-state index contributed by atoms with van der Waals surface area (Å²) in [4.78, 5) is 13.5. The Morgan fingerprint density at radius 1 is 1.11 bits per heavy atom. The van der Waals surface area contributed by atoms with E-state index in [0.29, 0.717) is 0 Å². The van der Waals surface area contributed by atoms with Crippen molar-refractivity contribution in [1.82, 2.24) is 20.0 Å². The van der Waals surface area contributed by atoms with E-state index >= 15 is 0 Å². The van der Waals surface area contributed by atoms with Crippen LogP contribution in [0.5, 0.6) is 0 Å². The molecule has 0 N–H and O–H groups in total. The minimum Gasteiger partial charge on any atom is -0.360 e. The molecular weight excluding hydrogens is 366 g/mol. The highest BCUT2D eigenvalue weighted by Crippen LogP contribution is 2.26. The number of rotatable bonds is 4. The average molecular weight is 387 g/mol. The van der Waals surface area contributed by atoms with E-state index in [9.17, 15) is 8.42 Å². The maximum Gasteiger partial charge on any atom is 0.175 e. The molecule has 2 aromatic heterocycles. The van der Waals surface area contributed by atoms with Crippen molar-refractivity contribution < 1.29 is 12.9 Å². The third-order valence-electron chi connectivity index (χ3n) is 4.74. The lowest BCUT2D eigenvalue weighted by molar-refractivity contribution is 0.219. The normalized spacial score (nSPS) is 16.1. The molecule has 142 valence electrons. The molecule has 8 nitrogen and oxygen atoms in total. The van der Waals surface area contributed by atoms with Gasteiger partial charge in [-0.3, -0.25) is 4.90 Å². The molecule has 1 aromatic carbocycles. The van der Waals surface area contributed by atoms with Crippen LogP contribution in [0.4, 0.5) is 5.82 Å². The number of piperazine rings is 1. The molecule has 3 aromatic rings. The molecule has 1 fully saturated rings. The van der Waals surface area contributed by atoms with E-state index in [4.69, 9.17) is 4.52 Å². The van der Waals surface area contributed by atoms with Gasteiger partial charge < -0.3 is 9.42 Å². The molecule has 1 aliphatic rings. The summed E-state index contributed by atoms with van der Waals surface area (Å²) in [5.74, 6) is 1.65. The van der Waals surface area contributed by atoms with Gasteiger partial charge in [0.25, 0.3) is 0 Å². The topological polar surface area (TPSA) is 92.4 Å². The van der Waals surface area contributed by atoms with Crippen LogP contribution in [0.3, 0.4) is 0 Å². The Morgan fingerprint density at radius 2 is 1.89 bits per heavy atom. The van der Waals surface area contributed by atoms with Crippen molar-refractivity contribution in [2.45, 2.75) is 18.4 Å². The van der Waals surface area contributed by atoms with Gasteiger partial charge in [0.05, 0.1) is 22.7 Å². The highest BCUT2D eigenvalue weighted by molar-refractivity contribution is 7.90. The molecule has 1 aliphatic heterocycles. The van der Waals surface area contributed by atoms with Gasteiger partial charge in [-0.2, -0.15) is 0 Å². The van der Waals surface area contributed by atoms with Crippen molar-refractivity contribution >= 4 is 26.6 Å². The molecule has 0 unspecified atom stereocenters. The van der Waals surface area contributed by atoms with Gasteiger partial charge in [0.1, 0.15) is 12.1 Å². The Hall–Kier alpha value is -2.52. The Labute approximate surface area is 157 Å². The molecule has 0 aliphatic carbocycles. The Bertz CT molecular complexity index is 1070. The number of aromatic nitrogens is 3. The molecule has 0 amide bonds. The summed E-state index contributed by atoms with van der Waals surface area (Å²) in [6.45, 7) is 5.95. The molecule has 0 saturated carbocycles. The number of anilines is 1. The Kier molecular flexibility index (Phi) is 4.56. The number of sulfone groups is 1. The zero-order chi connectivity index (χ0) is 19.0. The van der Waals surface area contributed by atoms with Crippen LogP contribution in [0.2, 0.25) is 0 Å². The number of nitrogens with zero attached hydrogens (tertiary/aromatic N) is 5. The fourth-order valence-electron chi connectivity index (χ4n) is 3.33. The summed E-state index contributed by atoms with van der Waals surface area (Å²) in [6, 6.07) is 6.95. The monoisotopic (exact) mass is 387 g/mol. The summed E-state index contributed by atoms with van der Waals surface area (Å²) >= 11 is 0. The van der Waals surface area contributed by atoms with Crippen LogP contribution in [0.1, 0.15) is 11.5 Å². The zero-order valence-electron chi connectivity index (χ0n) is 15.3. The number of aryl methyl sites for hydroxylation is 1. The van der Waals surface area contributed by atoms with Gasteiger partial charge in [-0.1, -0.05) is 5.16 Å². The second-order valence-corrected chi connectivity index (χ2v) is 8.86. The van der Waals surface area contributed by atoms with Crippen molar-refractivity contribution in [2.75, 3.05) is 37.3 Å². The maximum absolute atomic E-state index is 11.9. The van der Waals surface area contributed by atoms with E-state index in [-0.39, 0.29) is 4.90 Å². The van der Waals surface area contributed by atoms with Crippen LogP contribution in [0.15, 0.2) is 40.0 Å². The Balaban J connectivity index is 1.54. The molecular formula is C18H21N5O3S. The smallest absolute Gasteiger partial charge is 0.175 e. The van der Waals surface area contributed by atoms with E-state index < -0.39 is 9.84 Å². The van der Waals surface area contributed by atoms with Crippen LogP contribution in [0, 0.1) is 6.92 Å². The minimum absolute atomic E-state index is 0.283. The van der Waals surface area contributed by atoms with E-state index in [2.05, 4.69) is 24.9 Å². The third-order valence-corrected chi connectivity index (χ3v) is 5.85. The quantitative estimate of drug-likeness (QED) is 0.667. The molecule has 0 bridgehead atoms. The molecule has 0 spiro atoms. The highest BCUT2D eigenvalue weighted by atomic mass is 32.2. The van der Waals surface area contributed by atoms with Gasteiger partial charge in [0.15, 0.2) is 15.6 Å². The molecule has 9 heteroatoms. The molecule has 1 saturated heterocycles. The molecule has 3 heterocycles. The van der Waals surface area contributed by atoms with Crippen molar-refractivity contribution in [3.8, 4) is 0 Å². The van der Waals surface area contributed by atoms with E-state index in [0.717, 1.165) is 60.9 Å². The van der Waals surface area contributed by atoms with Gasteiger partial charge in [0.2, 0.25) is 0 Å². The largest absolute Gasteiger partial charge is 0.360 e. The lowest BCUT2D eigenvalue weighted by Gasteiger charge is -2.35. The van der Waals surface area contributed by atoms with Crippen molar-refractivity contribution in [3.05, 3.63) is 42.0 Å². The molecule has 0 atom stereocenters. The summed E-state index contributed by atoms with van der Waals surface area (Å²) in [6.07, 6.45) is 2.74. The Morgan fingerprint density at radius 3 is 2.56 bits per heavy atom. The molecule has 27 heavy (non-hydrogen) atoms. The van der Waals surface area contributed by atoms with Crippen LogP contribution in [-0.4, -0.2) is 60.9 Å². The van der Waals surface area contributed by atoms with Crippen molar-refractivity contribution in [3.63, 3.8) is 0 Å². The molecule has 4 rings (SSSR count). The first-order chi connectivity index (χ1) is 12.9. The SMILES string of the molecule is Cc1cc(CN2CCN(c3ncnc4ccc(S(C)(=O)=O)cc34)CC2)on1. The minimum atomic E-state index is -3.28. The van der Waals surface area contributed by atoms with Gasteiger partial charge in [-0.25, -0.2) is 18.4 Å². The predicted octanol–water partition coefficient (Wildman–Crippen LogP) is 1.65. The van der Waals surface area contributed by atoms with Crippen LogP contribution < -0.4 is 4.90 Å². The first-order valence-corrected chi connectivity index (χ1v) is 10.6. The van der Waals surface area contributed by atoms with Crippen LogP contribution >= 0.6 is 0 Å². The van der Waals surface area contributed by atoms with Gasteiger partial charge in [0, 0.05) is 43.9 Å². The number of benzene rings is 1. The number of hydrogen-bond donors (Lipinski definition) is 0. The van der Waals surface area contributed by atoms with Gasteiger partial charge >= 0.3 is 0 Å². The van der Waals surface area contributed by atoms with Crippen LogP contribution in [-0.2, 0) is 16.4 Å². The van der Waals surface area contributed by atoms with Crippen molar-refractivity contribution in [2.24, 2.45) is 0 Å². The molecule has 0 radical (unpaired) electrons. The van der Waals surface area contributed by atoms with Crippen molar-refractivity contribution in [1.29, 1.82) is 0 Å².